The fraction of sp³-hybridized carbons (Fsp3) is 0.700. The van der Waals surface area contributed by atoms with E-state index in [2.05, 4.69) is 20.8 Å². The van der Waals surface area contributed by atoms with E-state index in [-0.39, 0.29) is 0 Å². The summed E-state index contributed by atoms with van der Waals surface area (Å²) in [5, 5.41) is 9.89. The van der Waals surface area contributed by atoms with E-state index in [4.69, 9.17) is 0 Å². The van der Waals surface area contributed by atoms with Crippen LogP contribution in [0.2, 0.25) is 0 Å². The van der Waals surface area contributed by atoms with E-state index in [0.717, 1.165) is 5.56 Å². The number of phenolic OH excluding ortho intramolecular Hbond substituents is 1. The standard InChI is InChI=1S/C20H34O/c1-5-6-7-8-9-10-11-12-13-16(2)20-17(3)14-15-19(21)18(20)4/h14-16,21H,5-13H2,1-4H3/t16-/m0/s1. The Labute approximate surface area is 131 Å². The third-order valence-corrected chi connectivity index (χ3v) is 4.69. The van der Waals surface area contributed by atoms with Gasteiger partial charge in [0.1, 0.15) is 5.75 Å². The molecule has 120 valence electrons. The maximum atomic E-state index is 9.89. The second kappa shape index (κ2) is 9.87. The Bertz CT molecular complexity index is 409. The summed E-state index contributed by atoms with van der Waals surface area (Å²) >= 11 is 0. The van der Waals surface area contributed by atoms with E-state index in [0.29, 0.717) is 11.7 Å². The molecule has 1 nitrogen and oxygen atoms in total. The van der Waals surface area contributed by atoms with E-state index >= 15 is 0 Å². The van der Waals surface area contributed by atoms with Crippen molar-refractivity contribution in [3.05, 3.63) is 28.8 Å². The Morgan fingerprint density at radius 2 is 1.48 bits per heavy atom. The lowest BCUT2D eigenvalue weighted by Crippen LogP contribution is -2.00. The number of aryl methyl sites for hydroxylation is 1. The topological polar surface area (TPSA) is 20.2 Å². The zero-order chi connectivity index (χ0) is 15.7. The lowest BCUT2D eigenvalue weighted by Gasteiger charge is -2.18. The molecule has 1 rings (SSSR count). The molecule has 1 atom stereocenters. The Morgan fingerprint density at radius 3 is 2.10 bits per heavy atom. The van der Waals surface area contributed by atoms with Crippen molar-refractivity contribution in [3.8, 4) is 5.75 Å². The summed E-state index contributed by atoms with van der Waals surface area (Å²) in [4.78, 5) is 0. The van der Waals surface area contributed by atoms with E-state index in [1.54, 1.807) is 0 Å². The highest BCUT2D eigenvalue weighted by atomic mass is 16.3. The minimum Gasteiger partial charge on any atom is -0.508 e. The van der Waals surface area contributed by atoms with Crippen LogP contribution in [0, 0.1) is 13.8 Å². The Morgan fingerprint density at radius 1 is 0.905 bits per heavy atom. The van der Waals surface area contributed by atoms with Crippen molar-refractivity contribution in [1.29, 1.82) is 0 Å². The molecule has 0 saturated heterocycles. The summed E-state index contributed by atoms with van der Waals surface area (Å²) in [5.41, 5.74) is 3.75. The molecule has 1 aromatic rings. The minimum atomic E-state index is 0.443. The SMILES string of the molecule is CCCCCCCCCC[C@H](C)c1c(C)ccc(O)c1C. The van der Waals surface area contributed by atoms with E-state index in [9.17, 15) is 5.11 Å². The average molecular weight is 290 g/mol. The van der Waals surface area contributed by atoms with Crippen LogP contribution in [0.5, 0.6) is 5.75 Å². The molecule has 0 spiro atoms. The first-order valence-corrected chi connectivity index (χ1v) is 8.87. The first-order chi connectivity index (χ1) is 10.1. The lowest BCUT2D eigenvalue weighted by atomic mass is 9.88. The molecule has 1 N–H and O–H groups in total. The van der Waals surface area contributed by atoms with Gasteiger partial charge in [0.25, 0.3) is 0 Å². The van der Waals surface area contributed by atoms with Crippen molar-refractivity contribution in [2.24, 2.45) is 0 Å². The van der Waals surface area contributed by atoms with Crippen LogP contribution < -0.4 is 0 Å². The molecular formula is C20H34O. The second-order valence-corrected chi connectivity index (χ2v) is 6.60. The molecule has 0 aliphatic carbocycles. The second-order valence-electron chi connectivity index (χ2n) is 6.60. The van der Waals surface area contributed by atoms with Crippen LogP contribution in [-0.2, 0) is 0 Å². The molecule has 21 heavy (non-hydrogen) atoms. The Kier molecular flexibility index (Phi) is 8.49. The quantitative estimate of drug-likeness (QED) is 0.479. The molecule has 0 amide bonds. The number of hydrogen-bond donors (Lipinski definition) is 1. The van der Waals surface area contributed by atoms with Crippen LogP contribution in [0.15, 0.2) is 12.1 Å². The summed E-state index contributed by atoms with van der Waals surface area (Å²) in [6.45, 7) is 8.77. The van der Waals surface area contributed by atoms with Gasteiger partial charge >= 0.3 is 0 Å². The van der Waals surface area contributed by atoms with E-state index in [1.807, 2.05) is 19.1 Å². The number of aromatic hydroxyl groups is 1. The third-order valence-electron chi connectivity index (χ3n) is 4.69. The van der Waals surface area contributed by atoms with Crippen LogP contribution in [0.25, 0.3) is 0 Å². The van der Waals surface area contributed by atoms with Gasteiger partial charge in [-0.2, -0.15) is 0 Å². The number of benzene rings is 1. The van der Waals surface area contributed by atoms with E-state index in [1.165, 1.54) is 68.9 Å². The molecule has 0 aliphatic rings. The normalized spacial score (nSPS) is 12.6. The molecule has 1 aromatic carbocycles. The Hall–Kier alpha value is -0.980. The van der Waals surface area contributed by atoms with Crippen LogP contribution in [0.3, 0.4) is 0 Å². The smallest absolute Gasteiger partial charge is 0.118 e. The van der Waals surface area contributed by atoms with Gasteiger partial charge in [0.2, 0.25) is 0 Å². The van der Waals surface area contributed by atoms with Gasteiger partial charge in [-0.1, -0.05) is 71.3 Å². The molecule has 0 bridgehead atoms. The zero-order valence-electron chi connectivity index (χ0n) is 14.5. The highest BCUT2D eigenvalue weighted by molar-refractivity contribution is 5.44. The van der Waals surface area contributed by atoms with Gasteiger partial charge in [-0.05, 0) is 48.9 Å². The molecule has 1 heteroatoms. The molecule has 0 aliphatic heterocycles. The molecule has 0 aromatic heterocycles. The fourth-order valence-corrected chi connectivity index (χ4v) is 3.34. The van der Waals surface area contributed by atoms with Gasteiger partial charge in [-0.15, -0.1) is 0 Å². The highest BCUT2D eigenvalue weighted by Gasteiger charge is 2.13. The van der Waals surface area contributed by atoms with E-state index < -0.39 is 0 Å². The van der Waals surface area contributed by atoms with Gasteiger partial charge in [-0.25, -0.2) is 0 Å². The van der Waals surface area contributed by atoms with Crippen LogP contribution in [0.4, 0.5) is 0 Å². The summed E-state index contributed by atoms with van der Waals surface area (Å²) in [7, 11) is 0. The third kappa shape index (κ3) is 6.11. The predicted molar refractivity (Wildman–Crippen MR) is 93.2 cm³/mol. The maximum Gasteiger partial charge on any atom is 0.118 e. The van der Waals surface area contributed by atoms with Crippen molar-refractivity contribution in [3.63, 3.8) is 0 Å². The van der Waals surface area contributed by atoms with Gasteiger partial charge in [0.05, 0.1) is 0 Å². The predicted octanol–water partition coefficient (Wildman–Crippen LogP) is 6.64. The number of hydrogen-bond acceptors (Lipinski definition) is 1. The van der Waals surface area contributed by atoms with Crippen molar-refractivity contribution in [2.75, 3.05) is 0 Å². The first-order valence-electron chi connectivity index (χ1n) is 8.87. The summed E-state index contributed by atoms with van der Waals surface area (Å²) in [6, 6.07) is 3.86. The molecule has 0 radical (unpaired) electrons. The Balaban J connectivity index is 2.28. The van der Waals surface area contributed by atoms with Crippen molar-refractivity contribution >= 4 is 0 Å². The van der Waals surface area contributed by atoms with Crippen LogP contribution in [-0.4, -0.2) is 5.11 Å². The molecule has 0 fully saturated rings. The summed E-state index contributed by atoms with van der Waals surface area (Å²) in [5.74, 6) is 0.996. The molecule has 0 saturated carbocycles. The molecular weight excluding hydrogens is 256 g/mol. The zero-order valence-corrected chi connectivity index (χ0v) is 14.5. The maximum absolute atomic E-state index is 9.89. The summed E-state index contributed by atoms with van der Waals surface area (Å²) in [6.07, 6.45) is 12.2. The summed E-state index contributed by atoms with van der Waals surface area (Å²) < 4.78 is 0. The first kappa shape index (κ1) is 18.1. The van der Waals surface area contributed by atoms with Gasteiger partial charge in [0.15, 0.2) is 0 Å². The number of phenols is 1. The number of unbranched alkanes of at least 4 members (excludes halogenated alkanes) is 7. The van der Waals surface area contributed by atoms with Crippen LogP contribution in [0.1, 0.15) is 94.2 Å². The molecule has 0 unspecified atom stereocenters. The number of rotatable bonds is 10. The van der Waals surface area contributed by atoms with Gasteiger partial charge < -0.3 is 5.11 Å². The minimum absolute atomic E-state index is 0.443. The highest BCUT2D eigenvalue weighted by Crippen LogP contribution is 2.32. The van der Waals surface area contributed by atoms with Crippen molar-refractivity contribution < 1.29 is 5.11 Å². The fourth-order valence-electron chi connectivity index (χ4n) is 3.34. The van der Waals surface area contributed by atoms with Gasteiger partial charge in [-0.3, -0.25) is 0 Å². The van der Waals surface area contributed by atoms with Crippen LogP contribution >= 0.6 is 0 Å². The largest absolute Gasteiger partial charge is 0.508 e. The lowest BCUT2D eigenvalue weighted by molar-refractivity contribution is 0.467. The monoisotopic (exact) mass is 290 g/mol. The average Bonchev–Trinajstić information content (AvgIpc) is 2.46. The van der Waals surface area contributed by atoms with Gasteiger partial charge in [0, 0.05) is 0 Å². The molecule has 0 heterocycles. The van der Waals surface area contributed by atoms with Crippen molar-refractivity contribution in [2.45, 2.75) is 91.4 Å². The van der Waals surface area contributed by atoms with Crippen molar-refractivity contribution in [1.82, 2.24) is 0 Å².